The molecule has 2 aromatic heterocycles. The number of rotatable bonds is 27. The number of carbonyl (C=O) groups excluding carboxylic acids is 9. The number of aliphatic carboxylic acids is 2. The van der Waals surface area contributed by atoms with E-state index in [-0.39, 0.29) is 43.4 Å². The van der Waals surface area contributed by atoms with Crippen LogP contribution in [0.1, 0.15) is 131 Å². The number of fused-ring (bicyclic) bond motifs is 2. The monoisotopic (exact) mass is 1250 g/mol. The Morgan fingerprint density at radius 2 is 1.30 bits per heavy atom. The van der Waals surface area contributed by atoms with E-state index in [4.69, 9.17) is 19.2 Å². The van der Waals surface area contributed by atoms with Crippen molar-refractivity contribution in [2.24, 2.45) is 29.1 Å². The first kappa shape index (κ1) is 70.7. The van der Waals surface area contributed by atoms with Crippen LogP contribution >= 0.6 is 0 Å². The number of nitrogens with one attached hydrogen (secondary N) is 6. The van der Waals surface area contributed by atoms with Crippen molar-refractivity contribution >= 4 is 87.5 Å². The molecule has 4 aromatic rings. The summed E-state index contributed by atoms with van der Waals surface area (Å²) in [6, 6.07) is 9.38. The third-order valence-electron chi connectivity index (χ3n) is 16.1. The Kier molecular flexibility index (Phi) is 25.0. The van der Waals surface area contributed by atoms with Crippen LogP contribution in [0.5, 0.6) is 0 Å². The van der Waals surface area contributed by atoms with Gasteiger partial charge in [-0.2, -0.15) is 0 Å². The van der Waals surface area contributed by atoms with Crippen molar-refractivity contribution in [2.45, 2.75) is 170 Å². The van der Waals surface area contributed by atoms with Crippen molar-refractivity contribution in [1.82, 2.24) is 52.1 Å². The molecular formula is C65H85FN10O14-2. The highest BCUT2D eigenvalue weighted by atomic mass is 19.1. The van der Waals surface area contributed by atoms with Gasteiger partial charge in [-0.3, -0.25) is 43.8 Å². The van der Waals surface area contributed by atoms with Gasteiger partial charge >= 0.3 is 6.16 Å². The van der Waals surface area contributed by atoms with Crippen molar-refractivity contribution in [3.63, 3.8) is 0 Å². The molecule has 2 aliphatic rings. The minimum atomic E-state index is -1.54. The summed E-state index contributed by atoms with van der Waals surface area (Å²) in [6.45, 7) is 19.4. The number of carboxylic acids is 2. The van der Waals surface area contributed by atoms with Gasteiger partial charge in [-0.25, -0.2) is 25.0 Å². The maximum Gasteiger partial charge on any atom is 0.510 e. The molecule has 10 atom stereocenters. The molecule has 2 aliphatic heterocycles. The van der Waals surface area contributed by atoms with Crippen molar-refractivity contribution in [2.75, 3.05) is 19.9 Å². The Morgan fingerprint density at radius 3 is 1.91 bits per heavy atom. The van der Waals surface area contributed by atoms with Crippen LogP contribution in [-0.4, -0.2) is 142 Å². The van der Waals surface area contributed by atoms with E-state index in [0.29, 0.717) is 23.8 Å². The molecule has 2 saturated heterocycles. The lowest BCUT2D eigenvalue weighted by Gasteiger charge is -2.41. The summed E-state index contributed by atoms with van der Waals surface area (Å²) >= 11 is 0. The normalized spacial score (nSPS) is 18.8. The molecule has 0 bridgehead atoms. The second kappa shape index (κ2) is 31.8. The predicted octanol–water partition coefficient (Wildman–Crippen LogP) is 3.72. The molecule has 90 heavy (non-hydrogen) atoms. The van der Waals surface area contributed by atoms with Gasteiger partial charge in [0.05, 0.1) is 47.0 Å². The number of carbonyl (C=O) groups is 9. The molecular weight excluding hydrogens is 1160 g/mol. The third kappa shape index (κ3) is 18.8. The van der Waals surface area contributed by atoms with E-state index in [2.05, 4.69) is 37.1 Å². The van der Waals surface area contributed by atoms with E-state index < -0.39 is 144 Å². The van der Waals surface area contributed by atoms with Crippen molar-refractivity contribution < 1.29 is 72.0 Å². The highest BCUT2D eigenvalue weighted by Gasteiger charge is 2.38. The second-order valence-corrected chi connectivity index (χ2v) is 24.3. The molecule has 24 nitrogen and oxygen atoms in total. The fourth-order valence-corrected chi connectivity index (χ4v) is 10.5. The fraction of sp³-hybridized carbons (Fsp3) is 0.523. The standard InChI is InChI=1S/C65H87FN10O14/c1-13-46-24-22-42-19-17-41(33-50(42)69-46)18-26-48(56(77)71-52(35(3)4)57(78)67-38(8)59(80)75-30-15-16-49(73-75)61(82)83)40(10)88-34-89-64(87)90-37(7)32-45-28-31-76(74-55(45)62(84)85)60(81)39(9)68-58(79)53(36(5)6)72-63(86)65(11,12)29-27-43-20-21-44-23-25-47(14-2)70-54(44)51(43)66/h17-27,29,33,35-40,45,48-49,52-53,55,73-74H,13-16,28,30-32,34H2,1-12H3,(H,67,78)(H,68,79)(H,71,77)(H,72,86)(H,82,83)(H,84,85)/p-2/b26-18+,29-27+/t37?,38-,39-,40-,45?,48+,49-,52-,53-,55-/m0/s1. The fourth-order valence-electron chi connectivity index (χ4n) is 10.5. The molecule has 6 N–H and O–H groups in total. The summed E-state index contributed by atoms with van der Waals surface area (Å²) in [5.74, 6) is -10.0. The highest BCUT2D eigenvalue weighted by Crippen LogP contribution is 2.27. The van der Waals surface area contributed by atoms with Crippen LogP contribution in [0.15, 0.2) is 66.7 Å². The number of halogens is 1. The predicted molar refractivity (Wildman–Crippen MR) is 328 cm³/mol. The molecule has 2 fully saturated rings. The van der Waals surface area contributed by atoms with Gasteiger partial charge in [0.1, 0.15) is 35.8 Å². The van der Waals surface area contributed by atoms with Crippen LogP contribution in [0.4, 0.5) is 9.18 Å². The zero-order valence-corrected chi connectivity index (χ0v) is 53.2. The van der Waals surface area contributed by atoms with Gasteiger partial charge in [-0.1, -0.05) is 102 Å². The third-order valence-corrected chi connectivity index (χ3v) is 16.1. The van der Waals surface area contributed by atoms with Crippen molar-refractivity contribution in [1.29, 1.82) is 0 Å². The van der Waals surface area contributed by atoms with E-state index in [9.17, 15) is 53.4 Å². The molecule has 6 rings (SSSR count). The molecule has 2 unspecified atom stereocenters. The van der Waals surface area contributed by atoms with Crippen LogP contribution in [0, 0.1) is 34.9 Å². The number of hydrogen-bond acceptors (Lipinski definition) is 18. The zero-order valence-electron chi connectivity index (χ0n) is 53.2. The van der Waals surface area contributed by atoms with E-state index in [1.165, 1.54) is 32.9 Å². The molecule has 4 heterocycles. The number of amides is 6. The summed E-state index contributed by atoms with van der Waals surface area (Å²) in [4.78, 5) is 129. The van der Waals surface area contributed by atoms with Gasteiger partial charge in [0.15, 0.2) is 12.6 Å². The molecule has 0 saturated carbocycles. The van der Waals surface area contributed by atoms with E-state index in [1.807, 2.05) is 50.2 Å². The van der Waals surface area contributed by atoms with Gasteiger partial charge in [0.2, 0.25) is 23.6 Å². The average Bonchev–Trinajstić information content (AvgIpc) is 0.954. The second-order valence-electron chi connectivity index (χ2n) is 24.3. The number of pyridine rings is 2. The maximum atomic E-state index is 15.6. The summed E-state index contributed by atoms with van der Waals surface area (Å²) in [7, 11) is 0. The Morgan fingerprint density at radius 1 is 0.711 bits per heavy atom. The number of ether oxygens (including phenoxy) is 3. The molecule has 0 radical (unpaired) electrons. The first-order chi connectivity index (χ1) is 42.5. The number of benzene rings is 2. The maximum absolute atomic E-state index is 15.6. The van der Waals surface area contributed by atoms with E-state index in [1.54, 1.807) is 78.8 Å². The number of carboxylic acid groups (broad SMARTS) is 2. The largest absolute Gasteiger partial charge is 0.548 e. The van der Waals surface area contributed by atoms with Crippen LogP contribution in [0.3, 0.4) is 0 Å². The lowest BCUT2D eigenvalue weighted by Crippen LogP contribution is -2.65. The number of nitrogens with zero attached hydrogens (tertiary/aromatic N) is 4. The Balaban J connectivity index is 1.02. The highest BCUT2D eigenvalue weighted by molar-refractivity contribution is 5.95. The van der Waals surface area contributed by atoms with Crippen LogP contribution < -0.4 is 42.3 Å². The quantitative estimate of drug-likeness (QED) is 0.0366. The number of aryl methyl sites for hydroxylation is 2. The smallest absolute Gasteiger partial charge is 0.510 e. The molecule has 0 spiro atoms. The lowest BCUT2D eigenvalue weighted by molar-refractivity contribution is -0.312. The lowest BCUT2D eigenvalue weighted by atomic mass is 9.89. The topological polar surface area (TPSA) is 332 Å². The molecule has 488 valence electrons. The van der Waals surface area contributed by atoms with Gasteiger partial charge in [0, 0.05) is 40.8 Å². The summed E-state index contributed by atoms with van der Waals surface area (Å²) in [6.07, 6.45) is 5.27. The molecule has 25 heteroatoms. The number of hydrogen-bond donors (Lipinski definition) is 6. The van der Waals surface area contributed by atoms with Crippen LogP contribution in [-0.2, 0) is 65.4 Å². The molecule has 2 aromatic carbocycles. The van der Waals surface area contributed by atoms with Crippen molar-refractivity contribution in [3.8, 4) is 0 Å². The summed E-state index contributed by atoms with van der Waals surface area (Å²) < 4.78 is 32.2. The minimum absolute atomic E-state index is 0.0117. The zero-order chi connectivity index (χ0) is 66.3. The molecule has 6 amide bonds. The first-order valence-corrected chi connectivity index (χ1v) is 30.6. The van der Waals surface area contributed by atoms with Crippen LogP contribution in [0.25, 0.3) is 34.0 Å². The Labute approximate surface area is 523 Å². The first-order valence-electron chi connectivity index (χ1n) is 30.6. The van der Waals surface area contributed by atoms with Gasteiger partial charge < -0.3 is 55.3 Å². The number of hydrazine groups is 2. The summed E-state index contributed by atoms with van der Waals surface area (Å²) in [5.41, 5.74) is 7.58. The SMILES string of the molecule is CCc1ccc2ccc(/C=C/[C@@H](C(=O)N[C@H](C(=O)N[C@@H](C)C(=O)N3CCC[C@@H](C(=O)[O-])N3)C(C)C)[C@H](C)OCOC(=O)OC(C)CC3CCN(C(=O)[C@H](C)NC(=O)[C@@H](NC(=O)C(C)(C)/C=C/c4ccc5ccc(CC)nc5c4F)C(C)C)N[C@@H]3C(=O)[O-])cc2n1. The molecule has 0 aliphatic carbocycles. The van der Waals surface area contributed by atoms with E-state index >= 15 is 4.39 Å². The van der Waals surface area contributed by atoms with Gasteiger partial charge in [-0.05, 0) is 122 Å². The Hall–Kier alpha value is -8.42. The van der Waals surface area contributed by atoms with Crippen molar-refractivity contribution in [3.05, 3.63) is 95.1 Å². The van der Waals surface area contributed by atoms with Gasteiger partial charge in [-0.15, -0.1) is 0 Å². The average molecular weight is 1250 g/mol. The van der Waals surface area contributed by atoms with Gasteiger partial charge in [0.25, 0.3) is 11.8 Å². The minimum Gasteiger partial charge on any atom is -0.548 e. The van der Waals surface area contributed by atoms with Crippen LogP contribution in [0.2, 0.25) is 0 Å². The summed E-state index contributed by atoms with van der Waals surface area (Å²) in [5, 5.41) is 38.6. The number of aromatic nitrogens is 2. The Bertz CT molecular complexity index is 3340. The van der Waals surface area contributed by atoms with E-state index in [0.717, 1.165) is 38.7 Å².